The summed E-state index contributed by atoms with van der Waals surface area (Å²) in [7, 11) is 1.70. The zero-order chi connectivity index (χ0) is 16.2. The van der Waals surface area contributed by atoms with E-state index in [9.17, 15) is 0 Å². The van der Waals surface area contributed by atoms with Gasteiger partial charge in [-0.3, -0.25) is 9.88 Å². The lowest BCUT2D eigenvalue weighted by molar-refractivity contribution is 0.311. The highest BCUT2D eigenvalue weighted by Crippen LogP contribution is 2.32. The molecular weight excluding hydrogens is 286 g/mol. The topological polar surface area (TPSA) is 51.4 Å². The van der Waals surface area contributed by atoms with E-state index in [1.165, 1.54) is 5.56 Å². The minimum Gasteiger partial charge on any atom is -0.497 e. The first kappa shape index (κ1) is 16.0. The summed E-state index contributed by atoms with van der Waals surface area (Å²) in [6.45, 7) is 5.63. The highest BCUT2D eigenvalue weighted by Gasteiger charge is 2.32. The van der Waals surface area contributed by atoms with Crippen molar-refractivity contribution in [2.45, 2.75) is 19.4 Å². The van der Waals surface area contributed by atoms with Gasteiger partial charge in [-0.25, -0.2) is 0 Å². The molecule has 2 N–H and O–H groups in total. The normalized spacial score (nSPS) is 21.5. The minimum atomic E-state index is 0.504. The van der Waals surface area contributed by atoms with Gasteiger partial charge < -0.3 is 10.5 Å². The monoisotopic (exact) mass is 311 g/mol. The third-order valence-corrected chi connectivity index (χ3v) is 4.65. The molecule has 2 heterocycles. The second kappa shape index (κ2) is 7.11. The maximum atomic E-state index is 6.02. The molecule has 0 spiro atoms. The summed E-state index contributed by atoms with van der Waals surface area (Å²) in [4.78, 5) is 7.10. The number of benzene rings is 1. The first-order valence-electron chi connectivity index (χ1n) is 8.18. The number of nitrogens with zero attached hydrogens (tertiary/aromatic N) is 2. The van der Waals surface area contributed by atoms with Gasteiger partial charge in [0.15, 0.2) is 0 Å². The number of hydrogen-bond acceptors (Lipinski definition) is 4. The van der Waals surface area contributed by atoms with Gasteiger partial charge in [0.25, 0.3) is 0 Å². The minimum absolute atomic E-state index is 0.504. The van der Waals surface area contributed by atoms with E-state index in [1.807, 2.05) is 19.1 Å². The molecule has 2 aromatic rings. The smallest absolute Gasteiger partial charge is 0.122 e. The molecule has 0 bridgehead atoms. The Morgan fingerprint density at radius 3 is 2.70 bits per heavy atom. The highest BCUT2D eigenvalue weighted by atomic mass is 16.5. The Kier molecular flexibility index (Phi) is 4.94. The second-order valence-electron chi connectivity index (χ2n) is 6.35. The summed E-state index contributed by atoms with van der Waals surface area (Å²) in [5.74, 6) is 1.89. The first-order valence-corrected chi connectivity index (χ1v) is 8.18. The Morgan fingerprint density at radius 1 is 1.22 bits per heavy atom. The Bertz CT molecular complexity index is 644. The molecule has 1 fully saturated rings. The molecule has 4 heteroatoms. The molecule has 0 radical (unpaired) electrons. The maximum Gasteiger partial charge on any atom is 0.122 e. The van der Waals surface area contributed by atoms with Crippen LogP contribution >= 0.6 is 0 Å². The predicted molar refractivity (Wildman–Crippen MR) is 92.5 cm³/mol. The molecule has 0 amide bonds. The van der Waals surface area contributed by atoms with Crippen LogP contribution in [0.4, 0.5) is 0 Å². The largest absolute Gasteiger partial charge is 0.497 e. The Hall–Kier alpha value is -1.91. The number of ether oxygens (including phenoxy) is 1. The van der Waals surface area contributed by atoms with Crippen molar-refractivity contribution in [3.8, 4) is 5.75 Å². The lowest BCUT2D eigenvalue weighted by atomic mass is 9.89. The van der Waals surface area contributed by atoms with Crippen LogP contribution in [0, 0.1) is 12.8 Å². The number of methoxy groups -OCH3 is 1. The number of pyridine rings is 1. The molecule has 0 unspecified atom stereocenters. The molecule has 1 saturated heterocycles. The quantitative estimate of drug-likeness (QED) is 0.922. The lowest BCUT2D eigenvalue weighted by Gasteiger charge is -2.17. The van der Waals surface area contributed by atoms with Crippen LogP contribution in [0.1, 0.15) is 22.9 Å². The van der Waals surface area contributed by atoms with E-state index in [0.717, 1.165) is 43.3 Å². The van der Waals surface area contributed by atoms with Crippen LogP contribution in [0.3, 0.4) is 0 Å². The van der Waals surface area contributed by atoms with Crippen LogP contribution in [0.2, 0.25) is 0 Å². The molecule has 1 aromatic heterocycles. The molecule has 0 saturated carbocycles. The van der Waals surface area contributed by atoms with Gasteiger partial charge in [0.05, 0.1) is 12.8 Å². The molecule has 2 atom stereocenters. The van der Waals surface area contributed by atoms with E-state index in [4.69, 9.17) is 10.5 Å². The summed E-state index contributed by atoms with van der Waals surface area (Å²) < 4.78 is 5.35. The Balaban J connectivity index is 1.74. The number of likely N-dealkylation sites (tertiary alicyclic amines) is 1. The predicted octanol–water partition coefficient (Wildman–Crippen LogP) is 2.57. The molecule has 1 aromatic carbocycles. The van der Waals surface area contributed by atoms with Gasteiger partial charge in [0.2, 0.25) is 0 Å². The highest BCUT2D eigenvalue weighted by molar-refractivity contribution is 5.27. The van der Waals surface area contributed by atoms with E-state index >= 15 is 0 Å². The Morgan fingerprint density at radius 2 is 2.00 bits per heavy atom. The average Bonchev–Trinajstić information content (AvgIpc) is 2.98. The fourth-order valence-electron chi connectivity index (χ4n) is 3.54. The molecule has 1 aliphatic heterocycles. The summed E-state index contributed by atoms with van der Waals surface area (Å²) >= 11 is 0. The van der Waals surface area contributed by atoms with E-state index in [-0.39, 0.29) is 0 Å². The molecule has 1 aliphatic rings. The van der Waals surface area contributed by atoms with E-state index in [1.54, 1.807) is 7.11 Å². The van der Waals surface area contributed by atoms with Crippen LogP contribution in [-0.2, 0) is 6.54 Å². The number of aryl methyl sites for hydroxylation is 1. The maximum absolute atomic E-state index is 6.02. The molecular formula is C19H25N3O. The average molecular weight is 311 g/mol. The van der Waals surface area contributed by atoms with Gasteiger partial charge in [-0.2, -0.15) is 0 Å². The summed E-state index contributed by atoms with van der Waals surface area (Å²) in [5.41, 5.74) is 9.47. The lowest BCUT2D eigenvalue weighted by Crippen LogP contribution is -2.23. The zero-order valence-corrected chi connectivity index (χ0v) is 13.9. The third-order valence-electron chi connectivity index (χ3n) is 4.65. The Labute approximate surface area is 138 Å². The number of hydrogen-bond donors (Lipinski definition) is 1. The van der Waals surface area contributed by atoms with Crippen molar-refractivity contribution in [2.75, 3.05) is 26.7 Å². The molecule has 3 rings (SSSR count). The van der Waals surface area contributed by atoms with Crippen molar-refractivity contribution in [3.05, 3.63) is 59.4 Å². The van der Waals surface area contributed by atoms with Crippen LogP contribution in [0.5, 0.6) is 5.75 Å². The van der Waals surface area contributed by atoms with Crippen molar-refractivity contribution in [3.63, 3.8) is 0 Å². The third kappa shape index (κ3) is 3.71. The zero-order valence-electron chi connectivity index (χ0n) is 13.9. The fraction of sp³-hybridized carbons (Fsp3) is 0.421. The number of rotatable bonds is 5. The summed E-state index contributed by atoms with van der Waals surface area (Å²) in [6.07, 6.45) is 0. The van der Waals surface area contributed by atoms with Crippen molar-refractivity contribution in [1.29, 1.82) is 0 Å². The van der Waals surface area contributed by atoms with Crippen LogP contribution < -0.4 is 10.5 Å². The molecule has 4 nitrogen and oxygen atoms in total. The van der Waals surface area contributed by atoms with Gasteiger partial charge in [0.1, 0.15) is 5.75 Å². The summed E-state index contributed by atoms with van der Waals surface area (Å²) in [5, 5.41) is 0. The number of aromatic nitrogens is 1. The van der Waals surface area contributed by atoms with E-state index in [0.29, 0.717) is 11.8 Å². The van der Waals surface area contributed by atoms with Crippen LogP contribution in [0.15, 0.2) is 42.5 Å². The number of nitrogens with two attached hydrogens (primary N) is 1. The van der Waals surface area contributed by atoms with Crippen molar-refractivity contribution < 1.29 is 4.74 Å². The van der Waals surface area contributed by atoms with Crippen molar-refractivity contribution >= 4 is 0 Å². The van der Waals surface area contributed by atoms with Gasteiger partial charge in [-0.05, 0) is 24.9 Å². The molecule has 23 heavy (non-hydrogen) atoms. The van der Waals surface area contributed by atoms with Crippen molar-refractivity contribution in [1.82, 2.24) is 9.88 Å². The fourth-order valence-corrected chi connectivity index (χ4v) is 3.54. The van der Waals surface area contributed by atoms with Crippen LogP contribution in [-0.4, -0.2) is 36.6 Å². The van der Waals surface area contributed by atoms with Gasteiger partial charge in [0, 0.05) is 43.4 Å². The second-order valence-corrected chi connectivity index (χ2v) is 6.35. The van der Waals surface area contributed by atoms with Gasteiger partial charge in [-0.1, -0.05) is 30.3 Å². The van der Waals surface area contributed by atoms with E-state index < -0.39 is 0 Å². The van der Waals surface area contributed by atoms with Gasteiger partial charge >= 0.3 is 0 Å². The van der Waals surface area contributed by atoms with Crippen LogP contribution in [0.25, 0.3) is 0 Å². The standard InChI is InChI=1S/C19H25N3O/c1-14-8-18(23-2)9-17(21-14)12-22-11-16(10-20)19(13-22)15-6-4-3-5-7-15/h3-9,16,19H,10-13,20H2,1-2H3/t16-,19+/m1/s1. The SMILES string of the molecule is COc1cc(C)nc(CN2C[C@@H](CN)[C@H](c3ccccc3)C2)c1. The van der Waals surface area contributed by atoms with Crippen molar-refractivity contribution in [2.24, 2.45) is 11.7 Å². The molecule has 122 valence electrons. The van der Waals surface area contributed by atoms with E-state index in [2.05, 4.69) is 40.2 Å². The first-order chi connectivity index (χ1) is 11.2. The molecule has 0 aliphatic carbocycles. The van der Waals surface area contributed by atoms with Gasteiger partial charge in [-0.15, -0.1) is 0 Å². The summed E-state index contributed by atoms with van der Waals surface area (Å²) in [6, 6.07) is 14.7.